The maximum Gasteiger partial charge on any atom is 0.145 e. The van der Waals surface area contributed by atoms with Crippen molar-refractivity contribution in [1.29, 1.82) is 0 Å². The van der Waals surface area contributed by atoms with E-state index in [0.29, 0.717) is 11.3 Å². The highest BCUT2D eigenvalue weighted by atomic mass is 32.1. The van der Waals surface area contributed by atoms with Crippen molar-refractivity contribution in [2.75, 3.05) is 0 Å². The van der Waals surface area contributed by atoms with Gasteiger partial charge in [0.25, 0.3) is 0 Å². The third kappa shape index (κ3) is 3.09. The Kier molecular flexibility index (Phi) is 4.07. The highest BCUT2D eigenvalue weighted by Crippen LogP contribution is 2.48. The zero-order valence-corrected chi connectivity index (χ0v) is 12.6. The molecule has 3 nitrogen and oxygen atoms in total. The normalized spacial score (nSPS) is 25.8. The molecule has 0 aromatic carbocycles. The predicted octanol–water partition coefficient (Wildman–Crippen LogP) is 3.91. The van der Waals surface area contributed by atoms with E-state index in [1.165, 1.54) is 25.7 Å². The quantitative estimate of drug-likeness (QED) is 0.880. The van der Waals surface area contributed by atoms with Crippen molar-refractivity contribution in [3.63, 3.8) is 0 Å². The summed E-state index contributed by atoms with van der Waals surface area (Å²) in [5.74, 6) is 1.44. The van der Waals surface area contributed by atoms with E-state index in [0.717, 1.165) is 15.9 Å². The minimum absolute atomic E-state index is 0.474. The second kappa shape index (κ2) is 5.25. The molecule has 0 spiro atoms. The van der Waals surface area contributed by atoms with Gasteiger partial charge in [0, 0.05) is 5.92 Å². The molecule has 1 aliphatic rings. The van der Waals surface area contributed by atoms with Crippen LogP contribution in [-0.2, 0) is 0 Å². The molecule has 0 radical (unpaired) electrons. The van der Waals surface area contributed by atoms with Crippen molar-refractivity contribution in [2.45, 2.75) is 65.4 Å². The van der Waals surface area contributed by atoms with E-state index in [9.17, 15) is 5.11 Å². The molecule has 1 N–H and O–H groups in total. The van der Waals surface area contributed by atoms with E-state index in [1.807, 2.05) is 0 Å². The molecule has 0 amide bonds. The first-order valence-electron chi connectivity index (χ1n) is 6.92. The van der Waals surface area contributed by atoms with Gasteiger partial charge in [-0.3, -0.25) is 0 Å². The van der Waals surface area contributed by atoms with Gasteiger partial charge in [-0.1, -0.05) is 38.5 Å². The molecule has 1 fully saturated rings. The van der Waals surface area contributed by atoms with Crippen LogP contribution in [0.3, 0.4) is 0 Å². The molecule has 0 saturated heterocycles. The predicted molar refractivity (Wildman–Crippen MR) is 74.7 cm³/mol. The van der Waals surface area contributed by atoms with Crippen LogP contribution in [0.4, 0.5) is 0 Å². The molecule has 102 valence electrons. The Balaban J connectivity index is 1.85. The molecular formula is C14H24N2OS. The summed E-state index contributed by atoms with van der Waals surface area (Å²) >= 11 is 1.58. The number of aliphatic hydroxyl groups excluding tert-OH is 1. The van der Waals surface area contributed by atoms with Gasteiger partial charge >= 0.3 is 0 Å². The maximum absolute atomic E-state index is 9.45. The Hall–Kier alpha value is -0.480. The van der Waals surface area contributed by atoms with E-state index in [1.54, 1.807) is 18.3 Å². The summed E-state index contributed by atoms with van der Waals surface area (Å²) in [6, 6.07) is 0. The standard InChI is InChI=1S/C14H24N2OS/c1-5-14(3,4)8-10-6-11(7-10)13-16-15-12(18-13)9(2)17/h9-11,17H,5-8H2,1-4H3/t9-,10?,11?/m1/s1. The second-order valence-electron chi connectivity index (χ2n) is 6.41. The number of nitrogens with zero attached hydrogens (tertiary/aromatic N) is 2. The van der Waals surface area contributed by atoms with Crippen LogP contribution < -0.4 is 0 Å². The molecule has 0 bridgehead atoms. The van der Waals surface area contributed by atoms with E-state index in [2.05, 4.69) is 31.0 Å². The van der Waals surface area contributed by atoms with Crippen LogP contribution in [-0.4, -0.2) is 15.3 Å². The first-order valence-corrected chi connectivity index (χ1v) is 7.74. The van der Waals surface area contributed by atoms with Crippen LogP contribution in [0.15, 0.2) is 0 Å². The minimum Gasteiger partial charge on any atom is -0.386 e. The van der Waals surface area contributed by atoms with Gasteiger partial charge in [-0.05, 0) is 37.5 Å². The lowest BCUT2D eigenvalue weighted by Gasteiger charge is -2.38. The third-order valence-corrected chi connectivity index (χ3v) is 5.45. The number of hydrogen-bond donors (Lipinski definition) is 1. The smallest absolute Gasteiger partial charge is 0.145 e. The van der Waals surface area contributed by atoms with Crippen molar-refractivity contribution in [3.05, 3.63) is 10.0 Å². The molecule has 1 saturated carbocycles. The summed E-state index contributed by atoms with van der Waals surface area (Å²) in [5.41, 5.74) is 0.474. The van der Waals surface area contributed by atoms with Crippen LogP contribution in [0, 0.1) is 11.3 Å². The Morgan fingerprint density at radius 1 is 1.39 bits per heavy atom. The molecule has 1 atom stereocenters. The molecule has 1 aromatic rings. The van der Waals surface area contributed by atoms with Gasteiger partial charge in [0.2, 0.25) is 0 Å². The molecule has 0 unspecified atom stereocenters. The lowest BCUT2D eigenvalue weighted by atomic mass is 9.67. The van der Waals surface area contributed by atoms with Gasteiger partial charge in [0.15, 0.2) is 0 Å². The lowest BCUT2D eigenvalue weighted by Crippen LogP contribution is -2.27. The van der Waals surface area contributed by atoms with Gasteiger partial charge in [-0.15, -0.1) is 10.2 Å². The van der Waals surface area contributed by atoms with Crippen LogP contribution in [0.5, 0.6) is 0 Å². The van der Waals surface area contributed by atoms with E-state index >= 15 is 0 Å². The van der Waals surface area contributed by atoms with Gasteiger partial charge in [0.1, 0.15) is 16.1 Å². The van der Waals surface area contributed by atoms with Gasteiger partial charge < -0.3 is 5.11 Å². The van der Waals surface area contributed by atoms with Crippen LogP contribution >= 0.6 is 11.3 Å². The highest BCUT2D eigenvalue weighted by Gasteiger charge is 2.35. The Morgan fingerprint density at radius 2 is 2.06 bits per heavy atom. The van der Waals surface area contributed by atoms with E-state index < -0.39 is 6.10 Å². The molecule has 0 aliphatic heterocycles. The minimum atomic E-state index is -0.480. The second-order valence-corrected chi connectivity index (χ2v) is 7.45. The molecule has 1 heterocycles. The Bertz CT molecular complexity index is 394. The fourth-order valence-electron chi connectivity index (χ4n) is 2.61. The number of hydrogen-bond acceptors (Lipinski definition) is 4. The first-order chi connectivity index (χ1) is 8.41. The van der Waals surface area contributed by atoms with Gasteiger partial charge in [-0.2, -0.15) is 0 Å². The zero-order valence-electron chi connectivity index (χ0n) is 11.8. The van der Waals surface area contributed by atoms with Gasteiger partial charge in [-0.25, -0.2) is 0 Å². The van der Waals surface area contributed by atoms with Gasteiger partial charge in [0.05, 0.1) is 0 Å². The van der Waals surface area contributed by atoms with Crippen molar-refractivity contribution >= 4 is 11.3 Å². The van der Waals surface area contributed by atoms with Crippen LogP contribution in [0.1, 0.15) is 75.4 Å². The summed E-state index contributed by atoms with van der Waals surface area (Å²) in [6.45, 7) is 8.74. The van der Waals surface area contributed by atoms with Crippen LogP contribution in [0.2, 0.25) is 0 Å². The average Bonchev–Trinajstić information content (AvgIpc) is 2.72. The monoisotopic (exact) mass is 268 g/mol. The van der Waals surface area contributed by atoms with Crippen molar-refractivity contribution < 1.29 is 5.11 Å². The number of aromatic nitrogens is 2. The van der Waals surface area contributed by atoms with Crippen LogP contribution in [0.25, 0.3) is 0 Å². The fourth-order valence-corrected chi connectivity index (χ4v) is 3.52. The SMILES string of the molecule is CCC(C)(C)CC1CC(c2nnc([C@@H](C)O)s2)C1. The average molecular weight is 268 g/mol. The molecule has 2 rings (SSSR count). The Labute approximate surface area is 114 Å². The molecule has 1 aromatic heterocycles. The topological polar surface area (TPSA) is 46.0 Å². The maximum atomic E-state index is 9.45. The summed E-state index contributed by atoms with van der Waals surface area (Å²) < 4.78 is 0. The summed E-state index contributed by atoms with van der Waals surface area (Å²) in [6.07, 6.45) is 4.59. The first kappa shape index (κ1) is 13.9. The Morgan fingerprint density at radius 3 is 2.56 bits per heavy atom. The summed E-state index contributed by atoms with van der Waals surface area (Å²) in [5, 5.41) is 19.6. The third-order valence-electron chi connectivity index (χ3n) is 4.20. The van der Waals surface area contributed by atoms with Crippen molar-refractivity contribution in [1.82, 2.24) is 10.2 Å². The fraction of sp³-hybridized carbons (Fsp3) is 0.857. The lowest BCUT2D eigenvalue weighted by molar-refractivity contribution is 0.163. The van der Waals surface area contributed by atoms with Crippen molar-refractivity contribution in [2.24, 2.45) is 11.3 Å². The summed E-state index contributed by atoms with van der Waals surface area (Å²) in [4.78, 5) is 0. The molecule has 4 heteroatoms. The zero-order chi connectivity index (χ0) is 13.3. The summed E-state index contributed by atoms with van der Waals surface area (Å²) in [7, 11) is 0. The molecule has 1 aliphatic carbocycles. The number of aliphatic hydroxyl groups is 1. The van der Waals surface area contributed by atoms with E-state index in [-0.39, 0.29) is 0 Å². The largest absolute Gasteiger partial charge is 0.386 e. The van der Waals surface area contributed by atoms with Crippen molar-refractivity contribution in [3.8, 4) is 0 Å². The molecular weight excluding hydrogens is 244 g/mol. The molecule has 18 heavy (non-hydrogen) atoms. The number of rotatable bonds is 5. The van der Waals surface area contributed by atoms with E-state index in [4.69, 9.17) is 0 Å². The highest BCUT2D eigenvalue weighted by molar-refractivity contribution is 7.11.